The molecule has 6 nitrogen and oxygen atoms in total. The van der Waals surface area contributed by atoms with Gasteiger partial charge in [-0.3, -0.25) is 9.59 Å². The average molecular weight is 578 g/mol. The van der Waals surface area contributed by atoms with Gasteiger partial charge in [-0.2, -0.15) is 0 Å². The van der Waals surface area contributed by atoms with Gasteiger partial charge in [0, 0.05) is 42.9 Å². The Balaban J connectivity index is 1.54. The zero-order valence-electron chi connectivity index (χ0n) is 24.6. The van der Waals surface area contributed by atoms with Gasteiger partial charge in [0.2, 0.25) is 0 Å². The van der Waals surface area contributed by atoms with E-state index in [0.717, 1.165) is 37.3 Å². The monoisotopic (exact) mass is 577 g/mol. The maximum atomic E-state index is 14.0. The molecule has 3 atom stereocenters. The quantitative estimate of drug-likeness (QED) is 0.250. The van der Waals surface area contributed by atoms with Crippen molar-refractivity contribution in [3.8, 4) is 0 Å². The van der Waals surface area contributed by atoms with Crippen LogP contribution in [0.1, 0.15) is 82.1 Å². The molecule has 0 aliphatic heterocycles. The van der Waals surface area contributed by atoms with Crippen LogP contribution in [-0.4, -0.2) is 53.6 Å². The minimum absolute atomic E-state index is 0.0168. The molecule has 42 heavy (non-hydrogen) atoms. The molecule has 1 aliphatic carbocycles. The molecule has 0 fully saturated rings. The molecule has 0 saturated heterocycles. The van der Waals surface area contributed by atoms with E-state index in [2.05, 4.69) is 22.8 Å². The van der Waals surface area contributed by atoms with Crippen molar-refractivity contribution in [1.29, 1.82) is 0 Å². The van der Waals surface area contributed by atoms with E-state index in [1.165, 1.54) is 23.3 Å². The van der Waals surface area contributed by atoms with Gasteiger partial charge in [0.25, 0.3) is 11.8 Å². The second kappa shape index (κ2) is 14.5. The molecule has 2 amide bonds. The summed E-state index contributed by atoms with van der Waals surface area (Å²) < 4.78 is 28.0. The lowest BCUT2D eigenvalue weighted by atomic mass is 9.99. The zero-order chi connectivity index (χ0) is 30.2. The first kappa shape index (κ1) is 31.3. The lowest BCUT2D eigenvalue weighted by Crippen LogP contribution is -2.49. The standard InChI is InChI=1S/C34H41F2N3O3/c1-4-12-39(13-5-2)34(42)26-15-22(3)14-25(19-26)33(41)38-31(18-23-16-27(35)20-28(36)17-23)32(40)21-37-30-11-10-24-8-6-7-9-29(24)30/h6-9,14-17,19-20,30-32,37,40H,4-5,10-13,18,21H2,1-3H3,(H,38,41)/t30-,31?,32?/m0/s1. The predicted octanol–water partition coefficient (Wildman–Crippen LogP) is 5.51. The normalized spacial score (nSPS) is 15.6. The molecule has 0 spiro atoms. The van der Waals surface area contributed by atoms with Crippen LogP contribution in [0.4, 0.5) is 8.78 Å². The molecule has 224 valence electrons. The molecule has 3 aromatic rings. The third kappa shape index (κ3) is 8.01. The molecule has 4 rings (SSSR count). The predicted molar refractivity (Wildman–Crippen MR) is 160 cm³/mol. The number of aryl methyl sites for hydroxylation is 2. The number of halogens is 2. The number of nitrogens with zero attached hydrogens (tertiary/aromatic N) is 1. The van der Waals surface area contributed by atoms with E-state index in [1.54, 1.807) is 23.1 Å². The van der Waals surface area contributed by atoms with E-state index in [0.29, 0.717) is 24.2 Å². The summed E-state index contributed by atoms with van der Waals surface area (Å²) in [6, 6.07) is 15.6. The Kier molecular flexibility index (Phi) is 10.8. The topological polar surface area (TPSA) is 81.7 Å². The van der Waals surface area contributed by atoms with Gasteiger partial charge in [-0.15, -0.1) is 0 Å². The summed E-state index contributed by atoms with van der Waals surface area (Å²) in [4.78, 5) is 28.6. The Morgan fingerprint density at radius 3 is 2.33 bits per heavy atom. The molecule has 0 saturated carbocycles. The largest absolute Gasteiger partial charge is 0.390 e. The van der Waals surface area contributed by atoms with E-state index >= 15 is 0 Å². The number of hydrogen-bond acceptors (Lipinski definition) is 4. The highest BCUT2D eigenvalue weighted by Gasteiger charge is 2.27. The summed E-state index contributed by atoms with van der Waals surface area (Å²) >= 11 is 0. The average Bonchev–Trinajstić information content (AvgIpc) is 3.37. The molecule has 0 aromatic heterocycles. The minimum atomic E-state index is -1.05. The van der Waals surface area contributed by atoms with Gasteiger partial charge in [-0.25, -0.2) is 8.78 Å². The van der Waals surface area contributed by atoms with Crippen molar-refractivity contribution in [2.24, 2.45) is 0 Å². The maximum absolute atomic E-state index is 14.0. The van der Waals surface area contributed by atoms with Gasteiger partial charge in [-0.05, 0) is 91.6 Å². The number of nitrogens with one attached hydrogen (secondary N) is 2. The van der Waals surface area contributed by atoms with Crippen molar-refractivity contribution >= 4 is 11.8 Å². The fraction of sp³-hybridized carbons (Fsp3) is 0.412. The molecule has 0 bridgehead atoms. The van der Waals surface area contributed by atoms with Crippen LogP contribution in [-0.2, 0) is 12.8 Å². The summed E-state index contributed by atoms with van der Waals surface area (Å²) in [7, 11) is 0. The van der Waals surface area contributed by atoms with Gasteiger partial charge >= 0.3 is 0 Å². The highest BCUT2D eigenvalue weighted by molar-refractivity contribution is 6.00. The van der Waals surface area contributed by atoms with Crippen LogP contribution < -0.4 is 10.6 Å². The van der Waals surface area contributed by atoms with Gasteiger partial charge in [0.1, 0.15) is 11.6 Å². The number of carbonyl (C=O) groups excluding carboxylic acids is 2. The number of aliphatic hydroxyl groups is 1. The number of benzene rings is 3. The molecule has 3 aromatic carbocycles. The number of hydrogen-bond donors (Lipinski definition) is 3. The van der Waals surface area contributed by atoms with Crippen LogP contribution in [0.5, 0.6) is 0 Å². The molecular weight excluding hydrogens is 536 g/mol. The number of aliphatic hydroxyl groups excluding tert-OH is 1. The third-order valence-corrected chi connectivity index (χ3v) is 7.73. The van der Waals surface area contributed by atoms with E-state index in [9.17, 15) is 23.5 Å². The van der Waals surface area contributed by atoms with Crippen molar-refractivity contribution in [2.75, 3.05) is 19.6 Å². The Morgan fingerprint density at radius 2 is 1.64 bits per heavy atom. The smallest absolute Gasteiger partial charge is 0.253 e. The lowest BCUT2D eigenvalue weighted by molar-refractivity contribution is 0.0755. The van der Waals surface area contributed by atoms with Crippen molar-refractivity contribution in [3.05, 3.63) is 106 Å². The Hall–Kier alpha value is -3.62. The van der Waals surface area contributed by atoms with Gasteiger partial charge in [0.05, 0.1) is 12.1 Å². The molecular formula is C34H41F2N3O3. The van der Waals surface area contributed by atoms with Crippen molar-refractivity contribution in [3.63, 3.8) is 0 Å². The van der Waals surface area contributed by atoms with E-state index in [1.807, 2.05) is 32.9 Å². The van der Waals surface area contributed by atoms with Crippen LogP contribution in [0.3, 0.4) is 0 Å². The van der Waals surface area contributed by atoms with Crippen LogP contribution >= 0.6 is 0 Å². The van der Waals surface area contributed by atoms with Crippen LogP contribution in [0.25, 0.3) is 0 Å². The van der Waals surface area contributed by atoms with E-state index in [4.69, 9.17) is 0 Å². The molecule has 3 N–H and O–H groups in total. The van der Waals surface area contributed by atoms with Crippen LogP contribution in [0.2, 0.25) is 0 Å². The first-order valence-electron chi connectivity index (χ1n) is 14.8. The summed E-state index contributed by atoms with van der Waals surface area (Å²) in [5.74, 6) is -2.06. The second-order valence-corrected chi connectivity index (χ2v) is 11.2. The van der Waals surface area contributed by atoms with Crippen LogP contribution in [0.15, 0.2) is 60.7 Å². The SMILES string of the molecule is CCCN(CCC)C(=O)c1cc(C)cc(C(=O)NC(Cc2cc(F)cc(F)c2)C(O)CN[C@H]2CCc3ccccc32)c1. The van der Waals surface area contributed by atoms with Gasteiger partial charge in [0.15, 0.2) is 0 Å². The molecule has 1 aliphatic rings. The number of amides is 2. The number of fused-ring (bicyclic) bond motifs is 1. The van der Waals surface area contributed by atoms with Crippen molar-refractivity contribution in [1.82, 2.24) is 15.5 Å². The third-order valence-electron chi connectivity index (χ3n) is 7.73. The summed E-state index contributed by atoms with van der Waals surface area (Å²) in [5.41, 5.74) is 4.24. The number of rotatable bonds is 13. The molecule has 0 radical (unpaired) electrons. The van der Waals surface area contributed by atoms with Gasteiger partial charge in [-0.1, -0.05) is 38.1 Å². The maximum Gasteiger partial charge on any atom is 0.253 e. The summed E-state index contributed by atoms with van der Waals surface area (Å²) in [6.07, 6.45) is 2.45. The van der Waals surface area contributed by atoms with Crippen molar-refractivity contribution < 1.29 is 23.5 Å². The highest BCUT2D eigenvalue weighted by Crippen LogP contribution is 2.30. The minimum Gasteiger partial charge on any atom is -0.390 e. The summed E-state index contributed by atoms with van der Waals surface area (Å²) in [6.45, 7) is 7.27. The number of carbonyl (C=O) groups is 2. The molecule has 8 heteroatoms. The van der Waals surface area contributed by atoms with E-state index in [-0.39, 0.29) is 30.5 Å². The molecule has 2 unspecified atom stereocenters. The highest BCUT2D eigenvalue weighted by atomic mass is 19.1. The van der Waals surface area contributed by atoms with Crippen molar-refractivity contribution in [2.45, 2.75) is 71.1 Å². The van der Waals surface area contributed by atoms with Gasteiger partial charge < -0.3 is 20.6 Å². The molecule has 0 heterocycles. The van der Waals surface area contributed by atoms with Crippen LogP contribution in [0, 0.1) is 18.6 Å². The fourth-order valence-corrected chi connectivity index (χ4v) is 5.77. The van der Waals surface area contributed by atoms with E-state index < -0.39 is 29.7 Å². The Labute approximate surface area is 247 Å². The first-order chi connectivity index (χ1) is 20.2. The second-order valence-electron chi connectivity index (χ2n) is 11.2. The Morgan fingerprint density at radius 1 is 0.976 bits per heavy atom. The first-order valence-corrected chi connectivity index (χ1v) is 14.8. The lowest BCUT2D eigenvalue weighted by Gasteiger charge is -2.27. The fourth-order valence-electron chi connectivity index (χ4n) is 5.77. The zero-order valence-corrected chi connectivity index (χ0v) is 24.6. The summed E-state index contributed by atoms with van der Waals surface area (Å²) in [5, 5.41) is 17.6. The Bertz CT molecular complexity index is 1370.